The Morgan fingerprint density at radius 1 is 0.570 bits per heavy atom. The minimum absolute atomic E-state index is 0.00151. The SMILES string of the molecule is CC(C)(C)OC(=O)N1CC2CC(=O)N(c3ccc([N+](=O)[O-])nc3)CC2C1.CN(C)C(=O)c1cc2cnc(Cl)nc2n1C1CCCCCC1.CN(C)C(=O)c1cc2cnc(Nc3ccc(N4CC5CN(C(=O)OC(C)(C)C)CC5CC4=O)cn3)nc2n1C1CCCCCC1. The van der Waals surface area contributed by atoms with E-state index < -0.39 is 16.1 Å². The van der Waals surface area contributed by atoms with Crippen LogP contribution in [0.2, 0.25) is 5.28 Å². The number of piperidine rings is 2. The Morgan fingerprint density at radius 3 is 1.41 bits per heavy atom. The van der Waals surface area contributed by atoms with Gasteiger partial charge in [0.1, 0.15) is 39.7 Å². The number of rotatable bonds is 9. The Bertz CT molecular complexity index is 3710. The number of fused-ring (bicyclic) bond motifs is 4. The molecule has 4 aliphatic heterocycles. The minimum atomic E-state index is -0.576. The molecule has 6 aromatic heterocycles. The third-order valence-electron chi connectivity index (χ3n) is 18.0. The summed E-state index contributed by atoms with van der Waals surface area (Å²) in [4.78, 5) is 123. The van der Waals surface area contributed by atoms with Crippen molar-refractivity contribution in [3.8, 4) is 0 Å². The highest BCUT2D eigenvalue weighted by molar-refractivity contribution is 6.28. The largest absolute Gasteiger partial charge is 0.444 e. The zero-order valence-corrected chi connectivity index (χ0v) is 55.8. The van der Waals surface area contributed by atoms with Gasteiger partial charge in [0.2, 0.25) is 23.0 Å². The third-order valence-corrected chi connectivity index (χ3v) is 18.2. The maximum Gasteiger partial charge on any atom is 0.410 e. The van der Waals surface area contributed by atoms with Crippen LogP contribution < -0.4 is 15.1 Å². The molecular formula is C66H87ClN16O10. The minimum Gasteiger partial charge on any atom is -0.444 e. The fourth-order valence-corrected chi connectivity index (χ4v) is 13.7. The number of halogens is 1. The lowest BCUT2D eigenvalue weighted by atomic mass is 9.88. The van der Waals surface area contributed by atoms with E-state index in [1.54, 1.807) is 76.2 Å². The van der Waals surface area contributed by atoms with Crippen molar-refractivity contribution in [2.24, 2.45) is 23.7 Å². The first-order valence-corrected chi connectivity index (χ1v) is 32.8. The van der Waals surface area contributed by atoms with E-state index in [1.807, 2.05) is 65.8 Å². The van der Waals surface area contributed by atoms with Gasteiger partial charge in [0, 0.05) is 122 Å². The second kappa shape index (κ2) is 28.4. The van der Waals surface area contributed by atoms with Crippen molar-refractivity contribution in [2.75, 3.05) is 82.6 Å². The van der Waals surface area contributed by atoms with Gasteiger partial charge in [-0.15, -0.1) is 0 Å². The van der Waals surface area contributed by atoms with Gasteiger partial charge in [-0.25, -0.2) is 24.5 Å². The van der Waals surface area contributed by atoms with Crippen LogP contribution in [0.3, 0.4) is 0 Å². The molecule has 6 aromatic rings. The van der Waals surface area contributed by atoms with E-state index in [9.17, 15) is 38.9 Å². The Morgan fingerprint density at radius 2 is 1.00 bits per heavy atom. The molecule has 2 saturated carbocycles. The van der Waals surface area contributed by atoms with E-state index >= 15 is 0 Å². The van der Waals surface area contributed by atoms with E-state index in [2.05, 4.69) is 39.4 Å². The molecule has 0 bridgehead atoms. The lowest BCUT2D eigenvalue weighted by molar-refractivity contribution is -0.389. The fraction of sp³-hybridized carbons (Fsp3) is 0.576. The van der Waals surface area contributed by atoms with E-state index in [0.29, 0.717) is 92.7 Å². The zero-order valence-electron chi connectivity index (χ0n) is 55.0. The maximum atomic E-state index is 13.2. The highest BCUT2D eigenvalue weighted by atomic mass is 35.5. The van der Waals surface area contributed by atoms with Crippen molar-refractivity contribution in [1.82, 2.24) is 58.6 Å². The van der Waals surface area contributed by atoms with Crippen molar-refractivity contribution in [3.05, 3.63) is 88.0 Å². The van der Waals surface area contributed by atoms with Crippen molar-refractivity contribution in [2.45, 2.75) is 155 Å². The molecule has 1 N–H and O–H groups in total. The summed E-state index contributed by atoms with van der Waals surface area (Å²) in [7, 11) is 7.09. The predicted octanol–water partition coefficient (Wildman–Crippen LogP) is 11.3. The molecule has 498 valence electrons. The second-order valence-corrected chi connectivity index (χ2v) is 28.1. The highest BCUT2D eigenvalue weighted by Gasteiger charge is 2.45. The molecular weight excluding hydrogens is 1210 g/mol. The number of pyridine rings is 2. The van der Waals surface area contributed by atoms with Gasteiger partial charge in [-0.05, 0) is 143 Å². The number of carbonyl (C=O) groups excluding carboxylic acids is 6. The molecule has 2 aliphatic carbocycles. The van der Waals surface area contributed by atoms with Gasteiger partial charge in [0.05, 0.1) is 17.6 Å². The molecule has 0 radical (unpaired) electrons. The van der Waals surface area contributed by atoms with Crippen LogP contribution in [0.4, 0.5) is 38.5 Å². The first kappa shape index (κ1) is 67.3. The number of ether oxygens (including phenoxy) is 2. The van der Waals surface area contributed by atoms with Crippen LogP contribution in [-0.2, 0) is 19.1 Å². The number of anilines is 4. The lowest BCUT2D eigenvalue weighted by Gasteiger charge is -2.33. The summed E-state index contributed by atoms with van der Waals surface area (Å²) in [5.41, 5.74) is 2.97. The van der Waals surface area contributed by atoms with Gasteiger partial charge in [0.15, 0.2) is 6.20 Å². The fourth-order valence-electron chi connectivity index (χ4n) is 13.5. The summed E-state index contributed by atoms with van der Waals surface area (Å²) in [6.07, 6.45) is 20.3. The van der Waals surface area contributed by atoms with Gasteiger partial charge in [-0.1, -0.05) is 51.4 Å². The number of nitrogens with one attached hydrogen (secondary N) is 1. The first-order valence-electron chi connectivity index (χ1n) is 32.4. The van der Waals surface area contributed by atoms with E-state index in [0.717, 1.165) is 60.6 Å². The molecule has 4 saturated heterocycles. The van der Waals surface area contributed by atoms with Gasteiger partial charge in [-0.2, -0.15) is 9.97 Å². The molecule has 27 heteroatoms. The number of aromatic nitrogens is 8. The molecule has 6 aliphatic rings. The molecule has 6 amide bonds. The quantitative estimate of drug-likeness (QED) is 0.0609. The van der Waals surface area contributed by atoms with Crippen molar-refractivity contribution in [1.29, 1.82) is 0 Å². The summed E-state index contributed by atoms with van der Waals surface area (Å²) in [6.45, 7) is 14.2. The molecule has 4 atom stereocenters. The van der Waals surface area contributed by atoms with Crippen LogP contribution in [0, 0.1) is 33.8 Å². The number of nitro groups is 1. The standard InChI is InChI=1S/C33H44N8O4.C17H22N4O5.C16H21ClN4O/c1-33(2,3)45-32(44)39-18-22-15-28(42)40(20-23(22)19-39)25-12-13-27(34-17-25)36-31-35-16-21-14-26(30(43)38(4)5)41(29(21)37-31)24-10-8-6-7-9-11-24;1-17(2,3)26-16(23)19-8-11-6-15(22)20(10-12(11)9-19)13-4-5-14(18-7-13)21(24)25;1-20(2)15(22)13-9-11-10-18-16(17)19-14(11)21(13)12-7-5-3-4-6-8-12/h12-14,16-17,22-24H,6-11,15,18-20H2,1-5H3,(H,34,35,36,37);4-5,7,11-12H,6,8-10H2,1-3H3;9-10,12H,3-8H2,1-2H3. The van der Waals surface area contributed by atoms with Crippen LogP contribution in [0.15, 0.2) is 61.2 Å². The zero-order chi connectivity index (χ0) is 66.6. The maximum absolute atomic E-state index is 13.2. The smallest absolute Gasteiger partial charge is 0.410 e. The summed E-state index contributed by atoms with van der Waals surface area (Å²) < 4.78 is 15.2. The second-order valence-electron chi connectivity index (χ2n) is 27.8. The Hall–Kier alpha value is -8.55. The first-order chi connectivity index (χ1) is 44.2. The van der Waals surface area contributed by atoms with Gasteiger partial charge < -0.3 is 63.4 Å². The molecule has 0 spiro atoms. The van der Waals surface area contributed by atoms with Crippen molar-refractivity contribution < 1.29 is 43.2 Å². The van der Waals surface area contributed by atoms with Crippen molar-refractivity contribution >= 4 is 98.4 Å². The Kier molecular flexibility index (Phi) is 20.5. The van der Waals surface area contributed by atoms with Gasteiger partial charge >= 0.3 is 18.0 Å². The van der Waals surface area contributed by atoms with Crippen LogP contribution >= 0.6 is 11.6 Å². The summed E-state index contributed by atoms with van der Waals surface area (Å²) in [6, 6.07) is 10.8. The molecule has 93 heavy (non-hydrogen) atoms. The molecule has 6 fully saturated rings. The number of amides is 6. The van der Waals surface area contributed by atoms with Crippen molar-refractivity contribution in [3.63, 3.8) is 0 Å². The van der Waals surface area contributed by atoms with Gasteiger partial charge in [0.25, 0.3) is 11.8 Å². The number of carbonyl (C=O) groups is 6. The molecule has 26 nitrogen and oxygen atoms in total. The molecule has 10 heterocycles. The molecule has 4 unspecified atom stereocenters. The van der Waals surface area contributed by atoms with E-state index in [4.69, 9.17) is 26.1 Å². The lowest BCUT2D eigenvalue weighted by Crippen LogP contribution is -2.44. The monoisotopic (exact) mass is 1300 g/mol. The summed E-state index contributed by atoms with van der Waals surface area (Å²) in [5, 5.41) is 15.9. The summed E-state index contributed by atoms with van der Waals surface area (Å²) >= 11 is 5.98. The predicted molar refractivity (Wildman–Crippen MR) is 352 cm³/mol. The highest BCUT2D eigenvalue weighted by Crippen LogP contribution is 2.39. The van der Waals surface area contributed by atoms with Crippen LogP contribution in [0.1, 0.15) is 164 Å². The Balaban J connectivity index is 0.000000167. The normalized spacial score (nSPS) is 20.5. The average molecular weight is 1300 g/mol. The van der Waals surface area contributed by atoms with Gasteiger partial charge in [-0.3, -0.25) is 19.2 Å². The van der Waals surface area contributed by atoms with Crippen LogP contribution in [0.5, 0.6) is 0 Å². The number of hydrogen-bond donors (Lipinski definition) is 1. The topological polar surface area (TPSA) is 283 Å². The number of likely N-dealkylation sites (tertiary alicyclic amines) is 2. The summed E-state index contributed by atoms with van der Waals surface area (Å²) in [5.74, 6) is 1.18. The molecule has 0 aromatic carbocycles. The van der Waals surface area contributed by atoms with Crippen LogP contribution in [-0.4, -0.2) is 178 Å². The average Bonchev–Trinajstić information content (AvgIpc) is 1.70. The van der Waals surface area contributed by atoms with Crippen LogP contribution in [0.25, 0.3) is 22.1 Å². The Labute approximate surface area is 546 Å². The van der Waals surface area contributed by atoms with E-state index in [1.165, 1.54) is 56.9 Å². The molecule has 12 rings (SSSR count). The number of nitrogens with zero attached hydrogens (tertiary/aromatic N) is 15. The number of hydrogen-bond acceptors (Lipinski definition) is 17. The third kappa shape index (κ3) is 16.1. The van der Waals surface area contributed by atoms with E-state index in [-0.39, 0.29) is 76.6 Å².